The maximum atomic E-state index is 12.1. The van der Waals surface area contributed by atoms with Gasteiger partial charge in [-0.15, -0.1) is 0 Å². The minimum Gasteiger partial charge on any atom is -0.454 e. The van der Waals surface area contributed by atoms with E-state index in [2.05, 4.69) is 15.0 Å². The summed E-state index contributed by atoms with van der Waals surface area (Å²) >= 11 is 0. The number of carbonyl (C=O) groups excluding carboxylic acids is 1. The van der Waals surface area contributed by atoms with Crippen molar-refractivity contribution in [3.05, 3.63) is 12.2 Å². The fourth-order valence-corrected chi connectivity index (χ4v) is 1.91. The second-order valence-corrected chi connectivity index (χ2v) is 5.96. The molecule has 0 unspecified atom stereocenters. The van der Waals surface area contributed by atoms with Crippen LogP contribution < -0.4 is 5.73 Å². The molecule has 1 aliphatic heterocycles. The van der Waals surface area contributed by atoms with E-state index in [1.807, 2.05) is 0 Å². The van der Waals surface area contributed by atoms with Gasteiger partial charge in [0.1, 0.15) is 11.1 Å². The number of anilines is 1. The molecule has 1 saturated heterocycles. The van der Waals surface area contributed by atoms with Gasteiger partial charge in [-0.05, 0) is 20.8 Å². The third-order valence-electron chi connectivity index (χ3n) is 2.88. The number of imidazole rings is 1. The van der Waals surface area contributed by atoms with Gasteiger partial charge in [0.25, 0.3) is 0 Å². The van der Waals surface area contributed by atoms with Gasteiger partial charge >= 0.3 is 5.97 Å². The molecular formula is C13H17N5O3. The van der Waals surface area contributed by atoms with Gasteiger partial charge in [0.05, 0.1) is 25.6 Å². The summed E-state index contributed by atoms with van der Waals surface area (Å²) in [7, 11) is 0. The zero-order chi connectivity index (χ0) is 15.2. The van der Waals surface area contributed by atoms with E-state index >= 15 is 0 Å². The third-order valence-corrected chi connectivity index (χ3v) is 2.88. The van der Waals surface area contributed by atoms with Crippen molar-refractivity contribution in [2.75, 3.05) is 12.3 Å². The van der Waals surface area contributed by atoms with Crippen molar-refractivity contribution in [2.24, 2.45) is 0 Å². The van der Waals surface area contributed by atoms with Crippen LogP contribution in [-0.2, 0) is 16.0 Å². The van der Waals surface area contributed by atoms with Crippen LogP contribution in [0.25, 0.3) is 11.2 Å². The zero-order valence-corrected chi connectivity index (χ0v) is 12.2. The van der Waals surface area contributed by atoms with Crippen molar-refractivity contribution in [1.29, 1.82) is 0 Å². The fraction of sp³-hybridized carbons (Fsp3) is 0.538. The molecular weight excluding hydrogens is 274 g/mol. The molecule has 0 aliphatic carbocycles. The number of nitrogens with two attached hydrogens (primary N) is 1. The van der Waals surface area contributed by atoms with Gasteiger partial charge in [0.2, 0.25) is 5.82 Å². The Morgan fingerprint density at radius 1 is 1.52 bits per heavy atom. The first-order chi connectivity index (χ1) is 9.83. The predicted molar refractivity (Wildman–Crippen MR) is 74.6 cm³/mol. The van der Waals surface area contributed by atoms with Gasteiger partial charge in [0, 0.05) is 0 Å². The summed E-state index contributed by atoms with van der Waals surface area (Å²) in [5.74, 6) is -0.503. The monoisotopic (exact) mass is 291 g/mol. The summed E-state index contributed by atoms with van der Waals surface area (Å²) in [4.78, 5) is 24.5. The Balaban J connectivity index is 1.97. The number of rotatable bonds is 3. The van der Waals surface area contributed by atoms with Crippen LogP contribution in [-0.4, -0.2) is 43.8 Å². The molecule has 3 heterocycles. The van der Waals surface area contributed by atoms with Gasteiger partial charge in [-0.2, -0.15) is 0 Å². The second-order valence-electron chi connectivity index (χ2n) is 5.96. The molecule has 1 atom stereocenters. The number of aromatic nitrogens is 4. The van der Waals surface area contributed by atoms with Crippen LogP contribution in [0, 0.1) is 0 Å². The van der Waals surface area contributed by atoms with Crippen LogP contribution in [0.15, 0.2) is 6.33 Å². The summed E-state index contributed by atoms with van der Waals surface area (Å²) in [5.41, 5.74) is 6.22. The van der Waals surface area contributed by atoms with Crippen molar-refractivity contribution >= 4 is 23.0 Å². The predicted octanol–water partition coefficient (Wildman–Crippen LogP) is 0.763. The number of hydrogen-bond acceptors (Lipinski definition) is 7. The van der Waals surface area contributed by atoms with E-state index in [1.165, 1.54) is 0 Å². The molecule has 0 spiro atoms. The lowest BCUT2D eigenvalue weighted by molar-refractivity contribution is 0.00561. The molecule has 2 aromatic heterocycles. The largest absolute Gasteiger partial charge is 0.454 e. The summed E-state index contributed by atoms with van der Waals surface area (Å²) in [5, 5.41) is 0. The van der Waals surface area contributed by atoms with E-state index in [0.29, 0.717) is 17.7 Å². The second kappa shape index (κ2) is 4.66. The normalized spacial score (nSPS) is 18.0. The highest BCUT2D eigenvalue weighted by molar-refractivity contribution is 5.90. The standard InChI is InChI=1S/C13H17N5O3/c1-13(2,3)21-12(19)10-16-9(14)8-11(17-10)18(6-15-8)4-7-5-20-7/h6-7H,4-5H2,1-3H3,(H2,14,16,17)/t7-/m0/s1. The molecule has 0 bridgehead atoms. The van der Waals surface area contributed by atoms with Gasteiger partial charge in [-0.25, -0.2) is 19.7 Å². The lowest BCUT2D eigenvalue weighted by atomic mass is 10.2. The minimum atomic E-state index is -0.619. The Morgan fingerprint density at radius 2 is 2.24 bits per heavy atom. The Bertz CT molecular complexity index is 700. The first-order valence-corrected chi connectivity index (χ1v) is 6.67. The average Bonchev–Trinajstić information content (AvgIpc) is 3.08. The van der Waals surface area contributed by atoms with E-state index in [4.69, 9.17) is 15.2 Å². The Labute approximate surface area is 121 Å². The number of hydrogen-bond donors (Lipinski definition) is 1. The topological polar surface area (TPSA) is 108 Å². The molecule has 0 saturated carbocycles. The molecule has 8 heteroatoms. The number of nitrogens with zero attached hydrogens (tertiary/aromatic N) is 4. The molecule has 0 aromatic carbocycles. The Kier molecular flexibility index (Phi) is 3.05. The van der Waals surface area contributed by atoms with E-state index in [9.17, 15) is 4.79 Å². The van der Waals surface area contributed by atoms with Crippen LogP contribution in [0.5, 0.6) is 0 Å². The first kappa shape index (κ1) is 13.7. The third kappa shape index (κ3) is 2.94. The lowest BCUT2D eigenvalue weighted by Crippen LogP contribution is -2.25. The molecule has 112 valence electrons. The van der Waals surface area contributed by atoms with Crippen LogP contribution in [0.2, 0.25) is 0 Å². The van der Waals surface area contributed by atoms with Crippen molar-refractivity contribution in [3.8, 4) is 0 Å². The van der Waals surface area contributed by atoms with E-state index in [0.717, 1.165) is 6.61 Å². The SMILES string of the molecule is CC(C)(C)OC(=O)c1nc(N)c2ncn(C[C@H]3CO3)c2n1. The minimum absolute atomic E-state index is 0.0617. The highest BCUT2D eigenvalue weighted by Gasteiger charge is 2.26. The number of carbonyl (C=O) groups is 1. The summed E-state index contributed by atoms with van der Waals surface area (Å²) in [6.07, 6.45) is 1.79. The Morgan fingerprint density at radius 3 is 2.86 bits per heavy atom. The van der Waals surface area contributed by atoms with Crippen molar-refractivity contribution < 1.29 is 14.3 Å². The summed E-state index contributed by atoms with van der Waals surface area (Å²) < 4.78 is 12.3. The molecule has 1 aliphatic rings. The van der Waals surface area contributed by atoms with Crippen LogP contribution in [0.3, 0.4) is 0 Å². The highest BCUT2D eigenvalue weighted by atomic mass is 16.6. The zero-order valence-electron chi connectivity index (χ0n) is 12.2. The molecule has 0 amide bonds. The quantitative estimate of drug-likeness (QED) is 0.657. The maximum Gasteiger partial charge on any atom is 0.377 e. The highest BCUT2D eigenvalue weighted by Crippen LogP contribution is 2.20. The van der Waals surface area contributed by atoms with Crippen molar-refractivity contribution in [2.45, 2.75) is 39.0 Å². The van der Waals surface area contributed by atoms with E-state index in [1.54, 1.807) is 31.7 Å². The summed E-state index contributed by atoms with van der Waals surface area (Å²) in [6, 6.07) is 0. The maximum absolute atomic E-state index is 12.1. The molecule has 21 heavy (non-hydrogen) atoms. The molecule has 3 rings (SSSR count). The van der Waals surface area contributed by atoms with Gasteiger partial charge in [-0.1, -0.05) is 0 Å². The average molecular weight is 291 g/mol. The fourth-order valence-electron chi connectivity index (χ4n) is 1.91. The van der Waals surface area contributed by atoms with Crippen LogP contribution >= 0.6 is 0 Å². The van der Waals surface area contributed by atoms with E-state index < -0.39 is 11.6 Å². The lowest BCUT2D eigenvalue weighted by Gasteiger charge is -2.18. The van der Waals surface area contributed by atoms with Crippen molar-refractivity contribution in [1.82, 2.24) is 19.5 Å². The smallest absolute Gasteiger partial charge is 0.377 e. The van der Waals surface area contributed by atoms with Gasteiger partial charge in [-0.3, -0.25) is 0 Å². The Hall–Kier alpha value is -2.22. The molecule has 1 fully saturated rings. The van der Waals surface area contributed by atoms with E-state index in [-0.39, 0.29) is 17.7 Å². The number of ether oxygens (including phenoxy) is 2. The number of esters is 1. The molecule has 8 nitrogen and oxygen atoms in total. The summed E-state index contributed by atoms with van der Waals surface area (Å²) in [6.45, 7) is 6.68. The van der Waals surface area contributed by atoms with Gasteiger partial charge < -0.3 is 19.8 Å². The number of nitrogen functional groups attached to an aromatic ring is 1. The van der Waals surface area contributed by atoms with Crippen LogP contribution in [0.4, 0.5) is 5.82 Å². The first-order valence-electron chi connectivity index (χ1n) is 6.67. The van der Waals surface area contributed by atoms with Crippen molar-refractivity contribution in [3.63, 3.8) is 0 Å². The number of fused-ring (bicyclic) bond motifs is 1. The molecule has 2 aromatic rings. The molecule has 0 radical (unpaired) electrons. The van der Waals surface area contributed by atoms with Gasteiger partial charge in [0.15, 0.2) is 11.5 Å². The van der Waals surface area contributed by atoms with Crippen LogP contribution in [0.1, 0.15) is 31.4 Å². The number of epoxide rings is 1. The molecule has 2 N–H and O–H groups in total.